The molecule has 5 aromatic carbocycles. The second kappa shape index (κ2) is 19.3. The summed E-state index contributed by atoms with van der Waals surface area (Å²) in [5.74, 6) is -1.12. The van der Waals surface area contributed by atoms with Crippen LogP contribution in [-0.2, 0) is 37.4 Å². The van der Waals surface area contributed by atoms with Crippen LogP contribution in [0.25, 0.3) is 11.1 Å². The minimum Gasteiger partial charge on any atom is -0.489 e. The number of nitrogens with one attached hydrogen (secondary N) is 2. The lowest BCUT2D eigenvalue weighted by Crippen LogP contribution is -2.55. The summed E-state index contributed by atoms with van der Waals surface area (Å²) in [5, 5.41) is 24.8. The molecule has 3 amide bonds. The molecular formula is C44H42ClN5O12S. The van der Waals surface area contributed by atoms with Gasteiger partial charge in [0, 0.05) is 31.0 Å². The van der Waals surface area contributed by atoms with E-state index in [0.717, 1.165) is 23.3 Å². The lowest BCUT2D eigenvalue weighted by atomic mass is 10.0. The first-order chi connectivity index (χ1) is 29.8. The third-order valence-corrected chi connectivity index (χ3v) is 11.3. The first kappa shape index (κ1) is 45.5. The topological polar surface area (TPSA) is 227 Å². The van der Waals surface area contributed by atoms with Crippen LogP contribution in [0.3, 0.4) is 0 Å². The van der Waals surface area contributed by atoms with E-state index in [0.29, 0.717) is 28.7 Å². The Morgan fingerprint density at radius 2 is 1.44 bits per heavy atom. The zero-order valence-electron chi connectivity index (χ0n) is 34.1. The summed E-state index contributed by atoms with van der Waals surface area (Å²) in [4.78, 5) is 63.5. The van der Waals surface area contributed by atoms with E-state index in [1.807, 2.05) is 47.2 Å². The Morgan fingerprint density at radius 1 is 0.825 bits per heavy atom. The summed E-state index contributed by atoms with van der Waals surface area (Å²) in [6.45, 7) is 5.02. The average Bonchev–Trinajstić information content (AvgIpc) is 3.67. The zero-order chi connectivity index (χ0) is 45.5. The highest BCUT2D eigenvalue weighted by molar-refractivity contribution is 7.90. The number of benzene rings is 5. The molecule has 5 aromatic rings. The van der Waals surface area contributed by atoms with E-state index in [1.165, 1.54) is 17.0 Å². The van der Waals surface area contributed by atoms with Gasteiger partial charge in [-0.05, 0) is 91.6 Å². The van der Waals surface area contributed by atoms with Crippen molar-refractivity contribution in [3.8, 4) is 22.6 Å². The van der Waals surface area contributed by atoms with Crippen molar-refractivity contribution in [3.05, 3.63) is 158 Å². The molecule has 3 atom stereocenters. The Hall–Kier alpha value is -7.05. The monoisotopic (exact) mass is 899 g/mol. The molecule has 328 valence electrons. The maximum absolute atomic E-state index is 14.3. The van der Waals surface area contributed by atoms with Crippen molar-refractivity contribution in [1.29, 1.82) is 0 Å². The van der Waals surface area contributed by atoms with Crippen molar-refractivity contribution in [1.82, 2.24) is 14.9 Å². The number of hydrogen-bond acceptors (Lipinski definition) is 12. The zero-order valence-corrected chi connectivity index (χ0v) is 35.7. The van der Waals surface area contributed by atoms with Crippen LogP contribution in [0.15, 0.2) is 126 Å². The number of nitrogens with zero attached hydrogens (tertiary/aromatic N) is 3. The van der Waals surface area contributed by atoms with E-state index >= 15 is 0 Å². The number of nitro benzene ring substituents is 2. The summed E-state index contributed by atoms with van der Waals surface area (Å²) in [5.41, 5.74) is 1.36. The van der Waals surface area contributed by atoms with Crippen molar-refractivity contribution in [2.24, 2.45) is 0 Å². The number of carbonyl (C=O) groups excluding carboxylic acids is 3. The van der Waals surface area contributed by atoms with Gasteiger partial charge in [0.05, 0.1) is 21.3 Å². The Balaban J connectivity index is 1.23. The number of nitro groups is 2. The third-order valence-electron chi connectivity index (χ3n) is 9.67. The van der Waals surface area contributed by atoms with Crippen molar-refractivity contribution in [3.63, 3.8) is 0 Å². The molecule has 63 heavy (non-hydrogen) atoms. The van der Waals surface area contributed by atoms with Crippen LogP contribution in [0.4, 0.5) is 16.2 Å². The molecule has 1 aliphatic rings. The van der Waals surface area contributed by atoms with Crippen molar-refractivity contribution < 1.29 is 46.9 Å². The molecule has 2 N–H and O–H groups in total. The van der Waals surface area contributed by atoms with Crippen LogP contribution in [0.2, 0.25) is 5.02 Å². The van der Waals surface area contributed by atoms with E-state index in [9.17, 15) is 43.0 Å². The Bertz CT molecular complexity index is 2590. The number of hydrogen-bond donors (Lipinski definition) is 2. The molecule has 1 fully saturated rings. The molecular weight excluding hydrogens is 858 g/mol. The smallest absolute Gasteiger partial charge is 0.411 e. The van der Waals surface area contributed by atoms with Gasteiger partial charge in [-0.2, -0.15) is 0 Å². The van der Waals surface area contributed by atoms with Gasteiger partial charge in [-0.3, -0.25) is 34.7 Å². The molecule has 1 aliphatic heterocycles. The van der Waals surface area contributed by atoms with Gasteiger partial charge in [0.15, 0.2) is 0 Å². The van der Waals surface area contributed by atoms with Crippen LogP contribution >= 0.6 is 11.6 Å². The van der Waals surface area contributed by atoms with Gasteiger partial charge in [-0.1, -0.05) is 66.2 Å². The van der Waals surface area contributed by atoms with Crippen LogP contribution < -0.4 is 19.5 Å². The number of likely N-dealkylation sites (tertiary alicyclic amines) is 1. The summed E-state index contributed by atoms with van der Waals surface area (Å²) in [6, 6.07) is 29.1. The summed E-state index contributed by atoms with van der Waals surface area (Å²) in [6.07, 6.45) is -1.79. The van der Waals surface area contributed by atoms with E-state index in [4.69, 9.17) is 25.8 Å². The second-order valence-corrected chi connectivity index (χ2v) is 17.6. The van der Waals surface area contributed by atoms with Crippen LogP contribution in [0.5, 0.6) is 11.5 Å². The molecule has 1 saturated heterocycles. The molecule has 0 spiro atoms. The number of amides is 3. The number of non-ortho nitro benzene ring substituents is 1. The number of halogens is 1. The lowest BCUT2D eigenvalue weighted by molar-refractivity contribution is -0.385. The van der Waals surface area contributed by atoms with Gasteiger partial charge in [0.25, 0.3) is 27.3 Å². The largest absolute Gasteiger partial charge is 0.489 e. The molecule has 0 radical (unpaired) electrons. The lowest BCUT2D eigenvalue weighted by Gasteiger charge is -2.28. The Labute approximate surface area is 367 Å². The normalized spacial score (nSPS) is 15.5. The predicted molar refractivity (Wildman–Crippen MR) is 231 cm³/mol. The minimum absolute atomic E-state index is 0.0204. The van der Waals surface area contributed by atoms with Gasteiger partial charge < -0.3 is 19.5 Å². The molecule has 0 bridgehead atoms. The van der Waals surface area contributed by atoms with Gasteiger partial charge in [0.2, 0.25) is 5.91 Å². The van der Waals surface area contributed by atoms with Gasteiger partial charge in [-0.25, -0.2) is 17.9 Å². The fraction of sp³-hybridized carbons (Fsp3) is 0.250. The molecule has 0 unspecified atom stereocenters. The van der Waals surface area contributed by atoms with Crippen LogP contribution in [-0.4, -0.2) is 71.4 Å². The van der Waals surface area contributed by atoms with Gasteiger partial charge in [-0.15, -0.1) is 0 Å². The Kier molecular flexibility index (Phi) is 14.0. The number of ether oxygens (including phenoxy) is 3. The van der Waals surface area contributed by atoms with Crippen molar-refractivity contribution in [2.75, 3.05) is 6.54 Å². The fourth-order valence-electron chi connectivity index (χ4n) is 6.58. The van der Waals surface area contributed by atoms with Crippen molar-refractivity contribution in [2.45, 2.75) is 68.9 Å². The second-order valence-electron chi connectivity index (χ2n) is 15.5. The predicted octanol–water partition coefficient (Wildman–Crippen LogP) is 7.39. The Morgan fingerprint density at radius 3 is 2.06 bits per heavy atom. The van der Waals surface area contributed by atoms with Gasteiger partial charge >= 0.3 is 6.09 Å². The minimum atomic E-state index is -4.76. The van der Waals surface area contributed by atoms with Crippen molar-refractivity contribution >= 4 is 50.9 Å². The maximum Gasteiger partial charge on any atom is 0.411 e. The maximum atomic E-state index is 14.3. The van der Waals surface area contributed by atoms with Gasteiger partial charge in [0.1, 0.15) is 46.9 Å². The number of sulfonamides is 1. The molecule has 1 heterocycles. The molecule has 19 heteroatoms. The summed E-state index contributed by atoms with van der Waals surface area (Å²) in [7, 11) is -4.76. The highest BCUT2D eigenvalue weighted by atomic mass is 35.5. The van der Waals surface area contributed by atoms with E-state index in [1.54, 1.807) is 69.3 Å². The highest BCUT2D eigenvalue weighted by Gasteiger charge is 2.44. The molecule has 0 aromatic heterocycles. The molecule has 17 nitrogen and oxygen atoms in total. The van der Waals surface area contributed by atoms with E-state index in [-0.39, 0.29) is 36.7 Å². The van der Waals surface area contributed by atoms with Crippen LogP contribution in [0, 0.1) is 20.2 Å². The first-order valence-electron chi connectivity index (χ1n) is 19.4. The van der Waals surface area contributed by atoms with E-state index < -0.39 is 72.1 Å². The SMILES string of the molecule is CC(C)(C)OC(=O)N1C[C@@H](Oc2ccc(-c3ccccc3)cc2)C[C@H]1C(=O)N[C@@H](Cc1ccc(OCc2ccc([N+](=O)[O-])cc2)cc1)C(=O)NS(=O)(=O)c1ccc(Cl)c([N+](=O)[O-])c1. The fourth-order valence-corrected chi connectivity index (χ4v) is 7.81. The molecule has 0 aliphatic carbocycles. The van der Waals surface area contributed by atoms with Crippen LogP contribution in [0.1, 0.15) is 38.3 Å². The average molecular weight is 900 g/mol. The quantitative estimate of drug-likeness (QED) is 0.0775. The summed E-state index contributed by atoms with van der Waals surface area (Å²) < 4.78 is 46.5. The number of carbonyl (C=O) groups is 3. The highest BCUT2D eigenvalue weighted by Crippen LogP contribution is 2.29. The van der Waals surface area contributed by atoms with E-state index in [2.05, 4.69) is 5.32 Å². The number of rotatable bonds is 15. The first-order valence-corrected chi connectivity index (χ1v) is 21.3. The molecule has 6 rings (SSSR count). The standard InChI is InChI=1S/C44H42ClN5O12S/c1-44(2,3)62-43(53)48-26-35(61-34-19-13-31(14-20-34)30-7-5-4-6-8-30)24-40(48)42(52)46-38(41(51)47-63(58,59)36-21-22-37(45)39(25-36)50(56)57)23-28-11-17-33(18-12-28)60-27-29-9-15-32(16-10-29)49(54)55/h4-22,25,35,38,40H,23-24,26-27H2,1-3H3,(H,46,52)(H,47,51)/t35-,38-,40-/m0/s1. The third kappa shape index (κ3) is 12.1. The molecule has 0 saturated carbocycles. The summed E-state index contributed by atoms with van der Waals surface area (Å²) >= 11 is 5.89.